The van der Waals surface area contributed by atoms with Crippen molar-refractivity contribution in [1.82, 2.24) is 20.2 Å². The van der Waals surface area contributed by atoms with Gasteiger partial charge in [-0.25, -0.2) is 15.0 Å². The maximum absolute atomic E-state index is 12.5. The Balaban J connectivity index is 1.82. The molecular formula is C16H15F2N5O2. The number of benzene rings is 1. The summed E-state index contributed by atoms with van der Waals surface area (Å²) in [6.07, 6.45) is 0.000988. The van der Waals surface area contributed by atoms with Gasteiger partial charge in [0, 0.05) is 12.4 Å². The summed E-state index contributed by atoms with van der Waals surface area (Å²) in [5.74, 6) is -0.492. The van der Waals surface area contributed by atoms with Gasteiger partial charge in [-0.2, -0.15) is 8.78 Å². The Bertz CT molecular complexity index is 811. The van der Waals surface area contributed by atoms with Gasteiger partial charge in [0.2, 0.25) is 5.95 Å². The molecule has 1 unspecified atom stereocenters. The van der Waals surface area contributed by atoms with Crippen LogP contribution in [-0.2, 0) is 4.84 Å². The van der Waals surface area contributed by atoms with Crippen LogP contribution in [0.15, 0.2) is 47.1 Å². The number of anilines is 1. The van der Waals surface area contributed by atoms with Crippen LogP contribution in [0.25, 0.3) is 11.5 Å². The van der Waals surface area contributed by atoms with Crippen LogP contribution >= 0.6 is 0 Å². The third kappa shape index (κ3) is 3.61. The lowest BCUT2D eigenvalue weighted by molar-refractivity contribution is 0.116. The summed E-state index contributed by atoms with van der Waals surface area (Å²) in [6.45, 7) is 1.95. The number of alkyl halides is 2. The van der Waals surface area contributed by atoms with Crippen molar-refractivity contribution < 1.29 is 18.0 Å². The second kappa shape index (κ2) is 7.31. The van der Waals surface area contributed by atoms with E-state index in [0.29, 0.717) is 11.5 Å². The van der Waals surface area contributed by atoms with Gasteiger partial charge < -0.3 is 4.42 Å². The Hall–Kier alpha value is -2.94. The first kappa shape index (κ1) is 16.9. The first-order valence-electron chi connectivity index (χ1n) is 7.42. The summed E-state index contributed by atoms with van der Waals surface area (Å²) in [6, 6.07) is 9.59. The fourth-order valence-electron chi connectivity index (χ4n) is 2.26. The number of hydroxylamine groups is 1. The average Bonchev–Trinajstić information content (AvgIpc) is 3.14. The number of nitrogens with zero attached hydrogens (tertiary/aromatic N) is 5. The molecule has 0 spiro atoms. The van der Waals surface area contributed by atoms with Gasteiger partial charge >= 0.3 is 6.43 Å². The zero-order valence-electron chi connectivity index (χ0n) is 13.5. The molecule has 0 bridgehead atoms. The molecule has 0 amide bonds. The molecule has 3 aromatic rings. The third-order valence-electron chi connectivity index (χ3n) is 3.54. The highest BCUT2D eigenvalue weighted by molar-refractivity contribution is 5.50. The Labute approximate surface area is 142 Å². The minimum atomic E-state index is -2.82. The Morgan fingerprint density at radius 1 is 1.08 bits per heavy atom. The van der Waals surface area contributed by atoms with Crippen molar-refractivity contribution in [2.24, 2.45) is 0 Å². The van der Waals surface area contributed by atoms with E-state index in [1.807, 2.05) is 37.3 Å². The fourth-order valence-corrected chi connectivity index (χ4v) is 2.26. The first-order chi connectivity index (χ1) is 12.1. The van der Waals surface area contributed by atoms with Crippen LogP contribution in [0, 0.1) is 0 Å². The maximum Gasteiger partial charge on any atom is 0.314 e. The van der Waals surface area contributed by atoms with E-state index in [1.54, 1.807) is 0 Å². The monoisotopic (exact) mass is 347 g/mol. The lowest BCUT2D eigenvalue weighted by Crippen LogP contribution is -2.27. The lowest BCUT2D eigenvalue weighted by atomic mass is 10.1. The minimum absolute atomic E-state index is 0.0677. The highest BCUT2D eigenvalue weighted by atomic mass is 19.3. The summed E-state index contributed by atoms with van der Waals surface area (Å²) in [4.78, 5) is 13.8. The minimum Gasteiger partial charge on any atom is -0.415 e. The Kier molecular flexibility index (Phi) is 4.94. The van der Waals surface area contributed by atoms with Crippen LogP contribution in [0.3, 0.4) is 0 Å². The highest BCUT2D eigenvalue weighted by Gasteiger charge is 2.20. The summed E-state index contributed by atoms with van der Waals surface area (Å²) in [7, 11) is 1.52. The van der Waals surface area contributed by atoms with Crippen molar-refractivity contribution in [2.75, 3.05) is 12.2 Å². The van der Waals surface area contributed by atoms with Crippen molar-refractivity contribution in [3.63, 3.8) is 0 Å². The van der Waals surface area contributed by atoms with Gasteiger partial charge in [-0.1, -0.05) is 30.3 Å². The lowest BCUT2D eigenvalue weighted by Gasteiger charge is -2.26. The standard InChI is InChI=1S/C16H15F2N5O2/c1-10(11-6-4-3-5-7-11)23(24-2)16-19-8-12(9-20-16)14-21-22-15(25-14)13(17)18/h3-10,13H,1-2H3. The van der Waals surface area contributed by atoms with Gasteiger partial charge in [-0.15, -0.1) is 10.2 Å². The normalized spacial score (nSPS) is 12.4. The van der Waals surface area contributed by atoms with Gasteiger partial charge in [0.1, 0.15) is 0 Å². The summed E-state index contributed by atoms with van der Waals surface area (Å²) in [5.41, 5.74) is 1.36. The van der Waals surface area contributed by atoms with Gasteiger partial charge in [0.25, 0.3) is 11.8 Å². The maximum atomic E-state index is 12.5. The molecule has 1 atom stereocenters. The molecule has 1 aromatic carbocycles. The second-order valence-corrected chi connectivity index (χ2v) is 5.11. The molecule has 0 aliphatic rings. The smallest absolute Gasteiger partial charge is 0.314 e. The largest absolute Gasteiger partial charge is 0.415 e. The number of rotatable bonds is 6. The van der Waals surface area contributed by atoms with Gasteiger partial charge in [0.15, 0.2) is 0 Å². The Morgan fingerprint density at radius 3 is 2.32 bits per heavy atom. The Morgan fingerprint density at radius 2 is 1.76 bits per heavy atom. The van der Waals surface area contributed by atoms with E-state index in [9.17, 15) is 8.78 Å². The summed E-state index contributed by atoms with van der Waals surface area (Å²) < 4.78 is 29.9. The molecule has 7 nitrogen and oxygen atoms in total. The van der Waals surface area contributed by atoms with Crippen molar-refractivity contribution in [1.29, 1.82) is 0 Å². The highest BCUT2D eigenvalue weighted by Crippen LogP contribution is 2.26. The summed E-state index contributed by atoms with van der Waals surface area (Å²) >= 11 is 0. The molecule has 0 N–H and O–H groups in total. The van der Waals surface area contributed by atoms with Crippen LogP contribution in [0.1, 0.15) is 30.8 Å². The predicted octanol–water partition coefficient (Wildman–Crippen LogP) is 3.59. The molecular weight excluding hydrogens is 332 g/mol. The van der Waals surface area contributed by atoms with E-state index >= 15 is 0 Å². The molecule has 2 aromatic heterocycles. The molecule has 9 heteroatoms. The molecule has 0 saturated heterocycles. The van der Waals surface area contributed by atoms with Gasteiger partial charge in [-0.3, -0.25) is 4.84 Å². The zero-order chi connectivity index (χ0) is 17.8. The molecule has 0 fully saturated rings. The topological polar surface area (TPSA) is 77.2 Å². The average molecular weight is 347 g/mol. The number of halogens is 2. The van der Waals surface area contributed by atoms with Crippen LogP contribution in [0.2, 0.25) is 0 Å². The second-order valence-electron chi connectivity index (χ2n) is 5.11. The number of hydrogen-bond acceptors (Lipinski definition) is 7. The SMILES string of the molecule is CON(c1ncc(-c2nnc(C(F)F)o2)cn1)C(C)c1ccccc1. The molecule has 3 rings (SSSR count). The van der Waals surface area contributed by atoms with Gasteiger partial charge in [-0.05, 0) is 12.5 Å². The van der Waals surface area contributed by atoms with E-state index in [2.05, 4.69) is 20.2 Å². The quantitative estimate of drug-likeness (QED) is 0.631. The van der Waals surface area contributed by atoms with Crippen molar-refractivity contribution >= 4 is 5.95 Å². The first-order valence-corrected chi connectivity index (χ1v) is 7.42. The third-order valence-corrected chi connectivity index (χ3v) is 3.54. The number of aromatic nitrogens is 4. The molecule has 2 heterocycles. The number of hydrogen-bond donors (Lipinski definition) is 0. The fraction of sp³-hybridized carbons (Fsp3) is 0.250. The van der Waals surface area contributed by atoms with Crippen molar-refractivity contribution in [2.45, 2.75) is 19.4 Å². The van der Waals surface area contributed by atoms with E-state index in [4.69, 9.17) is 9.25 Å². The van der Waals surface area contributed by atoms with Crippen LogP contribution in [0.4, 0.5) is 14.7 Å². The molecule has 0 radical (unpaired) electrons. The summed E-state index contributed by atoms with van der Waals surface area (Å²) in [5, 5.41) is 8.38. The van der Waals surface area contributed by atoms with Crippen LogP contribution in [-0.4, -0.2) is 27.3 Å². The molecule has 0 aliphatic carbocycles. The molecule has 25 heavy (non-hydrogen) atoms. The predicted molar refractivity (Wildman–Crippen MR) is 84.6 cm³/mol. The zero-order valence-corrected chi connectivity index (χ0v) is 13.5. The van der Waals surface area contributed by atoms with Crippen LogP contribution < -0.4 is 5.06 Å². The molecule has 130 valence electrons. The molecule has 0 aliphatic heterocycles. The molecule has 0 saturated carbocycles. The van der Waals surface area contributed by atoms with E-state index < -0.39 is 12.3 Å². The van der Waals surface area contributed by atoms with E-state index in [0.717, 1.165) is 5.56 Å². The van der Waals surface area contributed by atoms with E-state index in [1.165, 1.54) is 24.6 Å². The van der Waals surface area contributed by atoms with Crippen molar-refractivity contribution in [3.8, 4) is 11.5 Å². The van der Waals surface area contributed by atoms with Crippen LogP contribution in [0.5, 0.6) is 0 Å². The van der Waals surface area contributed by atoms with E-state index in [-0.39, 0.29) is 11.9 Å². The van der Waals surface area contributed by atoms with Gasteiger partial charge in [0.05, 0.1) is 18.7 Å². The van der Waals surface area contributed by atoms with Crippen molar-refractivity contribution in [3.05, 3.63) is 54.2 Å².